The van der Waals surface area contributed by atoms with Gasteiger partial charge in [-0.3, -0.25) is 0 Å². The number of hydrogen-bond donors (Lipinski definition) is 0. The fraction of sp³-hybridized carbons (Fsp3) is 0.412. The fourth-order valence-corrected chi connectivity index (χ4v) is 3.29. The summed E-state index contributed by atoms with van der Waals surface area (Å²) in [4.78, 5) is 11.0. The first-order chi connectivity index (χ1) is 10.3. The topological polar surface area (TPSA) is 29.0 Å². The van der Waals surface area contributed by atoms with Crippen LogP contribution in [0, 0.1) is 0 Å². The largest absolute Gasteiger partial charge is 0.356 e. The van der Waals surface area contributed by atoms with E-state index in [0.29, 0.717) is 11.1 Å². The molecule has 1 atom stereocenters. The molecule has 1 saturated heterocycles. The summed E-state index contributed by atoms with van der Waals surface area (Å²) in [5.74, 6) is 1.60. The Balaban J connectivity index is 1.82. The van der Waals surface area contributed by atoms with E-state index in [1.54, 1.807) is 6.33 Å². The van der Waals surface area contributed by atoms with E-state index in [-0.39, 0.29) is 0 Å². The van der Waals surface area contributed by atoms with Crippen molar-refractivity contribution in [2.75, 3.05) is 18.0 Å². The molecule has 0 spiro atoms. The number of nitrogens with zero attached hydrogens (tertiary/aromatic N) is 3. The van der Waals surface area contributed by atoms with E-state index in [2.05, 4.69) is 52.1 Å². The second-order valence-electron chi connectivity index (χ2n) is 5.56. The Morgan fingerprint density at radius 2 is 2.05 bits per heavy atom. The maximum atomic E-state index is 6.26. The minimum Gasteiger partial charge on any atom is -0.356 e. The van der Waals surface area contributed by atoms with E-state index in [4.69, 9.17) is 11.6 Å². The predicted molar refractivity (Wildman–Crippen MR) is 87.1 cm³/mol. The van der Waals surface area contributed by atoms with Crippen LogP contribution in [0.2, 0.25) is 5.15 Å². The van der Waals surface area contributed by atoms with Crippen LogP contribution in [-0.4, -0.2) is 23.1 Å². The van der Waals surface area contributed by atoms with Crippen LogP contribution < -0.4 is 4.90 Å². The lowest BCUT2D eigenvalue weighted by Gasteiger charge is -2.21. The normalized spacial score (nSPS) is 18.2. The zero-order chi connectivity index (χ0) is 14.7. The Labute approximate surface area is 131 Å². The first-order valence-electron chi connectivity index (χ1n) is 7.59. The lowest BCUT2D eigenvalue weighted by Crippen LogP contribution is -2.22. The van der Waals surface area contributed by atoms with Crippen LogP contribution in [0.5, 0.6) is 0 Å². The van der Waals surface area contributed by atoms with Gasteiger partial charge >= 0.3 is 0 Å². The van der Waals surface area contributed by atoms with Crippen LogP contribution in [0.25, 0.3) is 0 Å². The molecule has 0 bridgehead atoms. The van der Waals surface area contributed by atoms with Crippen LogP contribution in [0.1, 0.15) is 36.8 Å². The third kappa shape index (κ3) is 3.03. The molecule has 21 heavy (non-hydrogen) atoms. The van der Waals surface area contributed by atoms with E-state index >= 15 is 0 Å². The molecule has 2 heterocycles. The summed E-state index contributed by atoms with van der Waals surface area (Å²) in [5, 5.41) is 0.602. The van der Waals surface area contributed by atoms with Crippen LogP contribution in [0.15, 0.2) is 36.7 Å². The van der Waals surface area contributed by atoms with Crippen LogP contribution in [0.3, 0.4) is 0 Å². The van der Waals surface area contributed by atoms with E-state index in [0.717, 1.165) is 43.7 Å². The number of anilines is 1. The molecule has 1 aliphatic heterocycles. The highest BCUT2D eigenvalue weighted by molar-refractivity contribution is 6.30. The molecule has 0 saturated carbocycles. The fourth-order valence-electron chi connectivity index (χ4n) is 3.07. The molecule has 3 nitrogen and oxygen atoms in total. The minimum absolute atomic E-state index is 0.578. The summed E-state index contributed by atoms with van der Waals surface area (Å²) < 4.78 is 0. The Morgan fingerprint density at radius 1 is 1.24 bits per heavy atom. The van der Waals surface area contributed by atoms with Gasteiger partial charge in [0.15, 0.2) is 0 Å². The van der Waals surface area contributed by atoms with Gasteiger partial charge in [0.2, 0.25) is 0 Å². The van der Waals surface area contributed by atoms with Crippen molar-refractivity contribution in [2.24, 2.45) is 0 Å². The molecule has 110 valence electrons. The van der Waals surface area contributed by atoms with Gasteiger partial charge in [0, 0.05) is 24.6 Å². The third-order valence-corrected chi connectivity index (χ3v) is 4.45. The zero-order valence-corrected chi connectivity index (χ0v) is 13.1. The number of benzene rings is 1. The number of aromatic nitrogens is 2. The molecule has 1 aromatic carbocycles. The summed E-state index contributed by atoms with van der Waals surface area (Å²) in [5.41, 5.74) is 2.51. The van der Waals surface area contributed by atoms with Crippen molar-refractivity contribution < 1.29 is 0 Å². The molecular formula is C17H20ClN3. The molecule has 1 aromatic heterocycles. The molecule has 0 amide bonds. The van der Waals surface area contributed by atoms with E-state index in [9.17, 15) is 0 Å². The van der Waals surface area contributed by atoms with Crippen molar-refractivity contribution in [3.63, 3.8) is 0 Å². The Morgan fingerprint density at radius 3 is 2.81 bits per heavy atom. The molecule has 0 radical (unpaired) electrons. The molecule has 0 aliphatic carbocycles. The lowest BCUT2D eigenvalue weighted by molar-refractivity contribution is 0.772. The maximum Gasteiger partial charge on any atom is 0.137 e. The highest BCUT2D eigenvalue weighted by Gasteiger charge is 2.26. The van der Waals surface area contributed by atoms with Crippen molar-refractivity contribution in [3.05, 3.63) is 52.9 Å². The van der Waals surface area contributed by atoms with Crippen molar-refractivity contribution in [2.45, 2.75) is 32.1 Å². The van der Waals surface area contributed by atoms with Gasteiger partial charge in [-0.05, 0) is 18.4 Å². The van der Waals surface area contributed by atoms with Gasteiger partial charge < -0.3 is 4.90 Å². The maximum absolute atomic E-state index is 6.26. The number of halogens is 1. The Bertz CT molecular complexity index is 600. The Hall–Kier alpha value is -1.61. The molecule has 1 aliphatic rings. The average Bonchev–Trinajstić information content (AvgIpc) is 3.00. The summed E-state index contributed by atoms with van der Waals surface area (Å²) in [6.07, 6.45) is 4.72. The highest BCUT2D eigenvalue weighted by Crippen LogP contribution is 2.33. The SMILES string of the molecule is CCCc1c(Cl)ncnc1N1CCC(c2ccccc2)C1. The van der Waals surface area contributed by atoms with Gasteiger partial charge in [0.1, 0.15) is 17.3 Å². The van der Waals surface area contributed by atoms with Gasteiger partial charge in [0.25, 0.3) is 0 Å². The van der Waals surface area contributed by atoms with Gasteiger partial charge in [-0.1, -0.05) is 55.3 Å². The van der Waals surface area contributed by atoms with Gasteiger partial charge in [0.05, 0.1) is 0 Å². The van der Waals surface area contributed by atoms with Crippen molar-refractivity contribution in [1.29, 1.82) is 0 Å². The first kappa shape index (κ1) is 14.3. The highest BCUT2D eigenvalue weighted by atomic mass is 35.5. The van der Waals surface area contributed by atoms with Gasteiger partial charge in [-0.2, -0.15) is 0 Å². The average molecular weight is 302 g/mol. The third-order valence-electron chi connectivity index (χ3n) is 4.13. The second kappa shape index (κ2) is 6.44. The van der Waals surface area contributed by atoms with Crippen LogP contribution >= 0.6 is 11.6 Å². The monoisotopic (exact) mass is 301 g/mol. The summed E-state index contributed by atoms with van der Waals surface area (Å²) in [7, 11) is 0. The smallest absolute Gasteiger partial charge is 0.137 e. The van der Waals surface area contributed by atoms with Crippen molar-refractivity contribution >= 4 is 17.4 Å². The molecule has 4 heteroatoms. The quantitative estimate of drug-likeness (QED) is 0.797. The van der Waals surface area contributed by atoms with Crippen molar-refractivity contribution in [3.8, 4) is 0 Å². The summed E-state index contributed by atoms with van der Waals surface area (Å²) in [6, 6.07) is 10.7. The predicted octanol–water partition coefficient (Wildman–Crippen LogP) is 4.08. The minimum atomic E-state index is 0.578. The molecular weight excluding hydrogens is 282 g/mol. The molecule has 2 aromatic rings. The van der Waals surface area contributed by atoms with E-state index in [1.807, 2.05) is 0 Å². The second-order valence-corrected chi connectivity index (χ2v) is 5.92. The first-order valence-corrected chi connectivity index (χ1v) is 7.96. The van der Waals surface area contributed by atoms with E-state index < -0.39 is 0 Å². The standard InChI is InChI=1S/C17H20ClN3/c1-2-6-15-16(18)19-12-20-17(15)21-10-9-14(11-21)13-7-4-3-5-8-13/h3-5,7-8,12,14H,2,6,9-11H2,1H3. The van der Waals surface area contributed by atoms with Crippen LogP contribution in [-0.2, 0) is 6.42 Å². The van der Waals surface area contributed by atoms with Gasteiger partial charge in [-0.25, -0.2) is 9.97 Å². The summed E-state index contributed by atoms with van der Waals surface area (Å²) in [6.45, 7) is 4.20. The van der Waals surface area contributed by atoms with E-state index in [1.165, 1.54) is 5.56 Å². The summed E-state index contributed by atoms with van der Waals surface area (Å²) >= 11 is 6.26. The molecule has 3 rings (SSSR count). The molecule has 1 unspecified atom stereocenters. The van der Waals surface area contributed by atoms with Crippen molar-refractivity contribution in [1.82, 2.24) is 9.97 Å². The molecule has 0 N–H and O–H groups in total. The lowest BCUT2D eigenvalue weighted by atomic mass is 9.99. The zero-order valence-electron chi connectivity index (χ0n) is 12.3. The number of hydrogen-bond acceptors (Lipinski definition) is 3. The number of rotatable bonds is 4. The van der Waals surface area contributed by atoms with Crippen LogP contribution in [0.4, 0.5) is 5.82 Å². The van der Waals surface area contributed by atoms with Gasteiger partial charge in [-0.15, -0.1) is 0 Å². The molecule has 1 fully saturated rings. The Kier molecular flexibility index (Phi) is 4.39.